The third kappa shape index (κ3) is 2.25. The van der Waals surface area contributed by atoms with Crippen LogP contribution in [0.15, 0.2) is 0 Å². The minimum Gasteiger partial charge on any atom is -0.314 e. The molecule has 0 N–H and O–H groups in total. The summed E-state index contributed by atoms with van der Waals surface area (Å²) in [7, 11) is 0. The van der Waals surface area contributed by atoms with E-state index in [0.29, 0.717) is 12.8 Å². The molecule has 4 nitrogen and oxygen atoms in total. The van der Waals surface area contributed by atoms with Crippen molar-refractivity contribution in [3.8, 4) is 0 Å². The van der Waals surface area contributed by atoms with Crippen LogP contribution in [0.2, 0.25) is 0 Å². The summed E-state index contributed by atoms with van der Waals surface area (Å²) in [4.78, 5) is 2.22. The molecule has 2 aliphatic rings. The third-order valence-corrected chi connectivity index (χ3v) is 4.04. The van der Waals surface area contributed by atoms with Crippen LogP contribution in [-0.4, -0.2) is 39.2 Å². The first-order chi connectivity index (χ1) is 8.74. The molecule has 1 saturated heterocycles. The van der Waals surface area contributed by atoms with Crippen molar-refractivity contribution in [1.82, 2.24) is 19.7 Å². The van der Waals surface area contributed by atoms with Gasteiger partial charge in [-0.2, -0.15) is 0 Å². The minimum atomic E-state index is -2.16. The number of alkyl halides is 2. The zero-order valence-electron chi connectivity index (χ0n) is 10.4. The van der Waals surface area contributed by atoms with Crippen molar-refractivity contribution in [3.05, 3.63) is 11.6 Å². The number of nitrogens with zero attached hydrogens (tertiary/aromatic N) is 4. The molecule has 0 saturated carbocycles. The Kier molecular flexibility index (Phi) is 3.28. The highest BCUT2D eigenvalue weighted by Gasteiger charge is 2.27. The van der Waals surface area contributed by atoms with E-state index in [9.17, 15) is 8.78 Å². The van der Waals surface area contributed by atoms with E-state index in [1.165, 1.54) is 0 Å². The van der Waals surface area contributed by atoms with Gasteiger partial charge in [0.15, 0.2) is 0 Å². The minimum absolute atomic E-state index is 0.412. The molecule has 100 valence electrons. The van der Waals surface area contributed by atoms with Crippen LogP contribution in [-0.2, 0) is 19.5 Å². The van der Waals surface area contributed by atoms with Crippen molar-refractivity contribution in [3.63, 3.8) is 0 Å². The normalized spacial score (nSPS) is 21.7. The van der Waals surface area contributed by atoms with Crippen LogP contribution >= 0.6 is 0 Å². The van der Waals surface area contributed by atoms with Gasteiger partial charge >= 0.3 is 0 Å². The predicted molar refractivity (Wildman–Crippen MR) is 62.3 cm³/mol. The molecule has 0 spiro atoms. The molecule has 1 aromatic heterocycles. The fourth-order valence-electron chi connectivity index (χ4n) is 2.89. The molecule has 0 amide bonds. The number of piperidine rings is 1. The summed E-state index contributed by atoms with van der Waals surface area (Å²) in [5, 5.41) is 8.38. The summed E-state index contributed by atoms with van der Waals surface area (Å²) in [5.41, 5.74) is 0. The molecule has 1 fully saturated rings. The molecule has 2 aliphatic heterocycles. The lowest BCUT2D eigenvalue weighted by Gasteiger charge is -2.31. The third-order valence-electron chi connectivity index (χ3n) is 4.04. The lowest BCUT2D eigenvalue weighted by atomic mass is 9.97. The zero-order chi connectivity index (χ0) is 12.5. The van der Waals surface area contributed by atoms with Gasteiger partial charge in [-0.1, -0.05) is 0 Å². The quantitative estimate of drug-likeness (QED) is 0.825. The van der Waals surface area contributed by atoms with Gasteiger partial charge in [0.1, 0.15) is 11.6 Å². The van der Waals surface area contributed by atoms with Crippen molar-refractivity contribution in [2.24, 2.45) is 5.92 Å². The summed E-state index contributed by atoms with van der Waals surface area (Å²) >= 11 is 0. The van der Waals surface area contributed by atoms with Gasteiger partial charge < -0.3 is 4.57 Å². The maximum Gasteiger partial charge on any atom is 0.241 e. The first-order valence-electron chi connectivity index (χ1n) is 6.65. The summed E-state index contributed by atoms with van der Waals surface area (Å²) in [6, 6.07) is 0. The number of rotatable bonds is 3. The molecule has 0 unspecified atom stereocenters. The van der Waals surface area contributed by atoms with Crippen LogP contribution in [0.5, 0.6) is 0 Å². The van der Waals surface area contributed by atoms with Crippen molar-refractivity contribution >= 4 is 0 Å². The molecule has 0 aromatic carbocycles. The lowest BCUT2D eigenvalue weighted by molar-refractivity contribution is 0.0328. The van der Waals surface area contributed by atoms with Crippen molar-refractivity contribution < 1.29 is 8.78 Å². The standard InChI is InChI=1S/C12H18F2N4/c13-12(14)9-3-6-17(7-4-9)8-11-16-15-10-2-1-5-18(10)11/h9,12H,1-8H2. The van der Waals surface area contributed by atoms with Gasteiger partial charge in [0.05, 0.1) is 6.54 Å². The molecular weight excluding hydrogens is 238 g/mol. The molecule has 0 aliphatic carbocycles. The van der Waals surface area contributed by atoms with Crippen molar-refractivity contribution in [1.29, 1.82) is 0 Å². The molecule has 0 bridgehead atoms. The van der Waals surface area contributed by atoms with E-state index in [0.717, 1.165) is 50.7 Å². The first-order valence-corrected chi connectivity index (χ1v) is 6.65. The van der Waals surface area contributed by atoms with E-state index in [1.54, 1.807) is 0 Å². The van der Waals surface area contributed by atoms with Gasteiger partial charge in [-0.25, -0.2) is 8.78 Å². The van der Waals surface area contributed by atoms with Crippen LogP contribution in [0.25, 0.3) is 0 Å². The molecule has 18 heavy (non-hydrogen) atoms. The number of likely N-dealkylation sites (tertiary alicyclic amines) is 1. The second-order valence-electron chi connectivity index (χ2n) is 5.24. The second kappa shape index (κ2) is 4.91. The van der Waals surface area contributed by atoms with Crippen LogP contribution in [0, 0.1) is 5.92 Å². The highest BCUT2D eigenvalue weighted by Crippen LogP contribution is 2.24. The van der Waals surface area contributed by atoms with E-state index in [4.69, 9.17) is 0 Å². The Bertz CT molecular complexity index is 410. The van der Waals surface area contributed by atoms with E-state index in [-0.39, 0.29) is 0 Å². The Morgan fingerprint density at radius 1 is 1.17 bits per heavy atom. The molecule has 3 rings (SSSR count). The topological polar surface area (TPSA) is 34.0 Å². The molecule has 6 heteroatoms. The highest BCUT2D eigenvalue weighted by atomic mass is 19.3. The fourth-order valence-corrected chi connectivity index (χ4v) is 2.89. The van der Waals surface area contributed by atoms with E-state index >= 15 is 0 Å². The number of hydrogen-bond donors (Lipinski definition) is 0. The van der Waals surface area contributed by atoms with Crippen molar-refractivity contribution in [2.45, 2.75) is 45.2 Å². The Morgan fingerprint density at radius 3 is 2.67 bits per heavy atom. The Labute approximate surface area is 105 Å². The Hall–Kier alpha value is -1.04. The summed E-state index contributed by atoms with van der Waals surface area (Å²) < 4.78 is 27.3. The van der Waals surface area contributed by atoms with E-state index in [2.05, 4.69) is 19.7 Å². The monoisotopic (exact) mass is 256 g/mol. The number of aromatic nitrogens is 3. The van der Waals surface area contributed by atoms with Crippen LogP contribution in [0.1, 0.15) is 30.9 Å². The van der Waals surface area contributed by atoms with Crippen LogP contribution in [0.4, 0.5) is 8.78 Å². The lowest BCUT2D eigenvalue weighted by Crippen LogP contribution is -2.36. The van der Waals surface area contributed by atoms with Gasteiger partial charge in [0.2, 0.25) is 6.43 Å². The molecule has 0 radical (unpaired) electrons. The van der Waals surface area contributed by atoms with Gasteiger partial charge in [0, 0.05) is 18.9 Å². The maximum absolute atomic E-state index is 12.6. The average Bonchev–Trinajstić information content (AvgIpc) is 2.95. The maximum atomic E-state index is 12.6. The molecule has 1 aromatic rings. The van der Waals surface area contributed by atoms with E-state index in [1.807, 2.05) is 0 Å². The zero-order valence-corrected chi connectivity index (χ0v) is 10.4. The number of halogens is 2. The fraction of sp³-hybridized carbons (Fsp3) is 0.833. The van der Waals surface area contributed by atoms with Gasteiger partial charge in [0.25, 0.3) is 0 Å². The second-order valence-corrected chi connectivity index (χ2v) is 5.24. The molecular formula is C12H18F2N4. The Balaban J connectivity index is 1.58. The first kappa shape index (κ1) is 12.0. The van der Waals surface area contributed by atoms with Gasteiger partial charge in [-0.3, -0.25) is 4.90 Å². The Morgan fingerprint density at radius 2 is 1.94 bits per heavy atom. The summed E-state index contributed by atoms with van der Waals surface area (Å²) in [5.74, 6) is 1.66. The summed E-state index contributed by atoms with van der Waals surface area (Å²) in [6.07, 6.45) is 1.19. The summed E-state index contributed by atoms with van der Waals surface area (Å²) in [6.45, 7) is 3.25. The highest BCUT2D eigenvalue weighted by molar-refractivity contribution is 5.00. The number of hydrogen-bond acceptors (Lipinski definition) is 3. The van der Waals surface area contributed by atoms with Gasteiger partial charge in [-0.05, 0) is 32.4 Å². The smallest absolute Gasteiger partial charge is 0.241 e. The largest absolute Gasteiger partial charge is 0.314 e. The van der Waals surface area contributed by atoms with E-state index < -0.39 is 12.3 Å². The van der Waals surface area contributed by atoms with Crippen LogP contribution in [0.3, 0.4) is 0 Å². The number of aryl methyl sites for hydroxylation is 1. The SMILES string of the molecule is FC(F)C1CCN(Cc2nnc3n2CCC3)CC1. The average molecular weight is 256 g/mol. The molecule has 3 heterocycles. The number of fused-ring (bicyclic) bond motifs is 1. The van der Waals surface area contributed by atoms with Crippen molar-refractivity contribution in [2.75, 3.05) is 13.1 Å². The van der Waals surface area contributed by atoms with Gasteiger partial charge in [-0.15, -0.1) is 10.2 Å². The molecule has 0 atom stereocenters. The predicted octanol–water partition coefficient (Wildman–Crippen LogP) is 1.70. The van der Waals surface area contributed by atoms with Crippen LogP contribution < -0.4 is 0 Å².